The lowest BCUT2D eigenvalue weighted by molar-refractivity contribution is 0.0955. The number of hydrogen-bond acceptors (Lipinski definition) is 8. The van der Waals surface area contributed by atoms with Gasteiger partial charge in [-0.05, 0) is 31.4 Å². The number of carbonyl (C=O) groups excluding carboxylic acids is 2. The fourth-order valence-corrected chi connectivity index (χ4v) is 3.88. The molecule has 2 aromatic heterocycles. The lowest BCUT2D eigenvalue weighted by Crippen LogP contribution is -2.34. The molecule has 2 atom stereocenters. The third-order valence-electron chi connectivity index (χ3n) is 5.93. The van der Waals surface area contributed by atoms with Crippen molar-refractivity contribution in [3.63, 3.8) is 0 Å². The van der Waals surface area contributed by atoms with E-state index < -0.39 is 5.91 Å². The number of primary amides is 1. The SMILES string of the molecule is CNC(=O)c1cc(N2CCC(c3cccc(C(N)=O)n3)CC2)nc(OCC2CC2C#N)n1. The fourth-order valence-electron chi connectivity index (χ4n) is 3.88. The van der Waals surface area contributed by atoms with Gasteiger partial charge in [0.2, 0.25) is 0 Å². The Morgan fingerprint density at radius 1 is 1.25 bits per heavy atom. The average Bonchev–Trinajstić information content (AvgIpc) is 3.61. The van der Waals surface area contributed by atoms with E-state index in [2.05, 4.69) is 31.2 Å². The molecule has 10 nitrogen and oxygen atoms in total. The maximum absolute atomic E-state index is 12.2. The van der Waals surface area contributed by atoms with Gasteiger partial charge in [0.05, 0.1) is 18.6 Å². The number of carbonyl (C=O) groups is 2. The second-order valence-electron chi connectivity index (χ2n) is 8.09. The predicted octanol–water partition coefficient (Wildman–Crippen LogP) is 1.25. The molecule has 0 radical (unpaired) electrons. The smallest absolute Gasteiger partial charge is 0.319 e. The number of nitrogens with two attached hydrogens (primary N) is 1. The topological polar surface area (TPSA) is 147 Å². The molecule has 2 fully saturated rings. The van der Waals surface area contributed by atoms with Gasteiger partial charge in [0.1, 0.15) is 17.2 Å². The van der Waals surface area contributed by atoms with Crippen LogP contribution in [0.1, 0.15) is 51.9 Å². The number of pyridine rings is 1. The number of rotatable bonds is 7. The first-order valence-corrected chi connectivity index (χ1v) is 10.6. The zero-order valence-corrected chi connectivity index (χ0v) is 17.8. The summed E-state index contributed by atoms with van der Waals surface area (Å²) in [6.45, 7) is 1.77. The highest BCUT2D eigenvalue weighted by Gasteiger charge is 2.38. The van der Waals surface area contributed by atoms with Crippen molar-refractivity contribution < 1.29 is 14.3 Å². The van der Waals surface area contributed by atoms with E-state index in [4.69, 9.17) is 15.7 Å². The number of aromatic nitrogens is 3. The average molecular weight is 435 g/mol. The van der Waals surface area contributed by atoms with Crippen LogP contribution in [0.15, 0.2) is 24.3 Å². The Morgan fingerprint density at radius 3 is 2.69 bits per heavy atom. The molecular formula is C22H25N7O3. The van der Waals surface area contributed by atoms with Crippen LogP contribution in [0.25, 0.3) is 0 Å². The van der Waals surface area contributed by atoms with Crippen molar-refractivity contribution >= 4 is 17.6 Å². The third kappa shape index (κ3) is 4.77. The second-order valence-corrected chi connectivity index (χ2v) is 8.09. The second kappa shape index (κ2) is 9.18. The molecule has 1 saturated carbocycles. The van der Waals surface area contributed by atoms with E-state index in [0.717, 1.165) is 25.0 Å². The maximum atomic E-state index is 12.2. The largest absolute Gasteiger partial charge is 0.463 e. The van der Waals surface area contributed by atoms with Gasteiger partial charge >= 0.3 is 6.01 Å². The van der Waals surface area contributed by atoms with Crippen molar-refractivity contribution in [3.8, 4) is 12.1 Å². The molecular weight excluding hydrogens is 410 g/mol. The number of anilines is 1. The Balaban J connectivity index is 1.46. The first-order chi connectivity index (χ1) is 15.5. The zero-order valence-electron chi connectivity index (χ0n) is 17.8. The number of nitrogens with zero attached hydrogens (tertiary/aromatic N) is 5. The molecule has 3 heterocycles. The lowest BCUT2D eigenvalue weighted by atomic mass is 9.93. The molecule has 0 spiro atoms. The van der Waals surface area contributed by atoms with Crippen LogP contribution in [-0.2, 0) is 0 Å². The van der Waals surface area contributed by atoms with Crippen LogP contribution in [0.5, 0.6) is 6.01 Å². The molecule has 0 aromatic carbocycles. The maximum Gasteiger partial charge on any atom is 0.319 e. The highest BCUT2D eigenvalue weighted by atomic mass is 16.5. The van der Waals surface area contributed by atoms with E-state index in [1.54, 1.807) is 25.2 Å². The summed E-state index contributed by atoms with van der Waals surface area (Å²) in [6.07, 6.45) is 2.45. The van der Waals surface area contributed by atoms with Crippen molar-refractivity contribution in [3.05, 3.63) is 41.3 Å². The number of hydrogen-bond donors (Lipinski definition) is 2. The van der Waals surface area contributed by atoms with Crippen molar-refractivity contribution in [2.24, 2.45) is 17.6 Å². The number of nitriles is 1. The van der Waals surface area contributed by atoms with Crippen molar-refractivity contribution in [1.82, 2.24) is 20.3 Å². The van der Waals surface area contributed by atoms with Crippen LogP contribution in [0.4, 0.5) is 5.82 Å². The Kier molecular flexibility index (Phi) is 6.16. The number of amides is 2. The third-order valence-corrected chi connectivity index (χ3v) is 5.93. The van der Waals surface area contributed by atoms with E-state index >= 15 is 0 Å². The molecule has 2 aliphatic rings. The first-order valence-electron chi connectivity index (χ1n) is 10.6. The molecule has 2 aromatic rings. The number of nitrogens with one attached hydrogen (secondary N) is 1. The van der Waals surface area contributed by atoms with E-state index in [1.165, 1.54) is 0 Å². The molecule has 2 amide bonds. The van der Waals surface area contributed by atoms with E-state index in [1.807, 2.05) is 6.07 Å². The number of piperidine rings is 1. The molecule has 1 saturated heterocycles. The lowest BCUT2D eigenvalue weighted by Gasteiger charge is -2.32. The van der Waals surface area contributed by atoms with Crippen LogP contribution < -0.4 is 20.7 Å². The van der Waals surface area contributed by atoms with Gasteiger partial charge in [0.25, 0.3) is 11.8 Å². The highest BCUT2D eigenvalue weighted by Crippen LogP contribution is 2.37. The van der Waals surface area contributed by atoms with Gasteiger partial charge in [-0.2, -0.15) is 15.2 Å². The summed E-state index contributed by atoms with van der Waals surface area (Å²) in [7, 11) is 1.55. The number of ether oxygens (including phenoxy) is 1. The predicted molar refractivity (Wildman–Crippen MR) is 115 cm³/mol. The Bertz CT molecular complexity index is 1060. The molecule has 1 aliphatic carbocycles. The minimum Gasteiger partial charge on any atom is -0.463 e. The van der Waals surface area contributed by atoms with E-state index in [9.17, 15) is 9.59 Å². The van der Waals surface area contributed by atoms with Gasteiger partial charge in [-0.1, -0.05) is 6.07 Å². The van der Waals surface area contributed by atoms with Crippen LogP contribution >= 0.6 is 0 Å². The molecule has 10 heteroatoms. The van der Waals surface area contributed by atoms with Crippen molar-refractivity contribution in [1.29, 1.82) is 5.26 Å². The molecule has 32 heavy (non-hydrogen) atoms. The van der Waals surface area contributed by atoms with Crippen LogP contribution in [0.3, 0.4) is 0 Å². The molecule has 0 bridgehead atoms. The van der Waals surface area contributed by atoms with Gasteiger partial charge in [0.15, 0.2) is 0 Å². The molecule has 4 rings (SSSR count). The molecule has 1 aliphatic heterocycles. The molecule has 2 unspecified atom stereocenters. The summed E-state index contributed by atoms with van der Waals surface area (Å²) in [5, 5.41) is 11.5. The summed E-state index contributed by atoms with van der Waals surface area (Å²) in [6, 6.07) is 9.36. The van der Waals surface area contributed by atoms with Crippen molar-refractivity contribution in [2.45, 2.75) is 25.2 Å². The normalized spacial score (nSPS) is 20.3. The minimum absolute atomic E-state index is 0.0253. The van der Waals surface area contributed by atoms with E-state index in [-0.39, 0.29) is 41.1 Å². The Morgan fingerprint density at radius 2 is 2.03 bits per heavy atom. The quantitative estimate of drug-likeness (QED) is 0.660. The van der Waals surface area contributed by atoms with Gasteiger partial charge in [0, 0.05) is 43.7 Å². The summed E-state index contributed by atoms with van der Waals surface area (Å²) in [5.41, 5.74) is 6.71. The van der Waals surface area contributed by atoms with Gasteiger partial charge in [-0.15, -0.1) is 0 Å². The summed E-state index contributed by atoms with van der Waals surface area (Å²) in [5.74, 6) is 0.194. The molecule has 166 valence electrons. The summed E-state index contributed by atoms with van der Waals surface area (Å²) < 4.78 is 5.72. The minimum atomic E-state index is -0.535. The van der Waals surface area contributed by atoms with Crippen LogP contribution in [-0.4, -0.2) is 53.5 Å². The van der Waals surface area contributed by atoms with Crippen molar-refractivity contribution in [2.75, 3.05) is 31.6 Å². The Labute approximate surface area is 185 Å². The van der Waals surface area contributed by atoms with Crippen LogP contribution in [0.2, 0.25) is 0 Å². The molecule has 3 N–H and O–H groups in total. The first kappa shape index (κ1) is 21.5. The fraction of sp³-hybridized carbons (Fsp3) is 0.455. The van der Waals surface area contributed by atoms with Gasteiger partial charge in [-0.25, -0.2) is 4.98 Å². The van der Waals surface area contributed by atoms with E-state index in [0.29, 0.717) is 25.5 Å². The monoisotopic (exact) mass is 435 g/mol. The highest BCUT2D eigenvalue weighted by molar-refractivity contribution is 5.92. The van der Waals surface area contributed by atoms with Gasteiger partial charge < -0.3 is 20.7 Å². The Hall–Kier alpha value is -3.74. The van der Waals surface area contributed by atoms with Crippen LogP contribution in [0, 0.1) is 23.2 Å². The van der Waals surface area contributed by atoms with Gasteiger partial charge in [-0.3, -0.25) is 9.59 Å². The standard InChI is InChI=1S/C22H25N7O3/c1-25-21(31)18-10-19(28-22(27-18)32-12-15-9-14(15)11-23)29-7-5-13(6-8-29)16-3-2-4-17(26-16)20(24)30/h2-4,10,13-15H,5-9,12H2,1H3,(H2,24,30)(H,25,31). The zero-order chi connectivity index (χ0) is 22.7. The summed E-state index contributed by atoms with van der Waals surface area (Å²) in [4.78, 5) is 38.9. The summed E-state index contributed by atoms with van der Waals surface area (Å²) >= 11 is 0.